The van der Waals surface area contributed by atoms with Gasteiger partial charge in [-0.05, 0) is 48.9 Å². The molecular formula is C24H19FN4O. The summed E-state index contributed by atoms with van der Waals surface area (Å²) in [6.07, 6.45) is 0. The molecule has 0 saturated heterocycles. The Labute approximate surface area is 172 Å². The summed E-state index contributed by atoms with van der Waals surface area (Å²) in [5.74, 6) is 0.114. The maximum atomic E-state index is 13.6. The number of amides is 1. The zero-order valence-electron chi connectivity index (χ0n) is 16.3. The van der Waals surface area contributed by atoms with Crippen LogP contribution in [0.5, 0.6) is 0 Å². The van der Waals surface area contributed by atoms with Gasteiger partial charge in [-0.3, -0.25) is 9.36 Å². The van der Waals surface area contributed by atoms with Crippen molar-refractivity contribution in [3.8, 4) is 0 Å². The zero-order valence-corrected chi connectivity index (χ0v) is 16.3. The quantitative estimate of drug-likeness (QED) is 0.505. The maximum Gasteiger partial charge on any atom is 0.255 e. The number of benzene rings is 3. The number of hydrogen-bond acceptors (Lipinski definition) is 3. The molecule has 0 bridgehead atoms. The standard InChI is InChI=1S/C24H19FN4O/c1-15-21(23(30)27-18-7-3-2-4-8-18)22(16-11-13-17(25)14-12-16)29-20-10-6-5-9-19(20)28-24(29)26-15/h2-14,22H,1H3,(H,26,28)(H,27,30). The lowest BCUT2D eigenvalue weighted by molar-refractivity contribution is -0.113. The highest BCUT2D eigenvalue weighted by molar-refractivity contribution is 6.06. The van der Waals surface area contributed by atoms with Crippen LogP contribution in [-0.2, 0) is 4.79 Å². The van der Waals surface area contributed by atoms with Crippen LogP contribution in [0.2, 0.25) is 0 Å². The van der Waals surface area contributed by atoms with E-state index >= 15 is 0 Å². The molecule has 1 amide bonds. The Kier molecular flexibility index (Phi) is 4.32. The zero-order chi connectivity index (χ0) is 20.7. The molecule has 0 spiro atoms. The first-order valence-corrected chi connectivity index (χ1v) is 9.68. The fraction of sp³-hybridized carbons (Fsp3) is 0.0833. The van der Waals surface area contributed by atoms with Crippen LogP contribution in [0.15, 0.2) is 90.1 Å². The molecule has 2 heterocycles. The summed E-state index contributed by atoms with van der Waals surface area (Å²) >= 11 is 0. The Hall–Kier alpha value is -3.93. The number of halogens is 1. The van der Waals surface area contributed by atoms with Crippen LogP contribution >= 0.6 is 0 Å². The summed E-state index contributed by atoms with van der Waals surface area (Å²) in [4.78, 5) is 18.1. The minimum Gasteiger partial charge on any atom is -0.329 e. The molecule has 0 radical (unpaired) electrons. The van der Waals surface area contributed by atoms with Crippen molar-refractivity contribution >= 4 is 28.6 Å². The molecule has 1 unspecified atom stereocenters. The normalized spacial score (nSPS) is 15.6. The van der Waals surface area contributed by atoms with Gasteiger partial charge in [0.15, 0.2) is 0 Å². The molecule has 0 aliphatic carbocycles. The van der Waals surface area contributed by atoms with Crippen molar-refractivity contribution in [2.45, 2.75) is 13.0 Å². The fourth-order valence-electron chi connectivity index (χ4n) is 3.94. The van der Waals surface area contributed by atoms with Crippen LogP contribution in [0.1, 0.15) is 18.5 Å². The van der Waals surface area contributed by atoms with E-state index in [0.717, 1.165) is 16.6 Å². The van der Waals surface area contributed by atoms with Crippen molar-refractivity contribution in [3.63, 3.8) is 0 Å². The minimum absolute atomic E-state index is 0.219. The number of hydrogen-bond donors (Lipinski definition) is 2. The van der Waals surface area contributed by atoms with Crippen molar-refractivity contribution in [2.75, 3.05) is 10.6 Å². The Morgan fingerprint density at radius 3 is 2.47 bits per heavy atom. The summed E-state index contributed by atoms with van der Waals surface area (Å²) in [6, 6.07) is 22.9. The van der Waals surface area contributed by atoms with E-state index in [1.165, 1.54) is 12.1 Å². The van der Waals surface area contributed by atoms with E-state index in [-0.39, 0.29) is 11.7 Å². The highest BCUT2D eigenvalue weighted by Crippen LogP contribution is 2.39. The van der Waals surface area contributed by atoms with E-state index in [2.05, 4.69) is 15.6 Å². The third-order valence-corrected chi connectivity index (χ3v) is 5.29. The second kappa shape index (κ2) is 7.15. The Bertz CT molecular complexity index is 1280. The smallest absolute Gasteiger partial charge is 0.255 e. The lowest BCUT2D eigenvalue weighted by Crippen LogP contribution is -2.30. The molecule has 1 atom stereocenters. The van der Waals surface area contributed by atoms with E-state index in [1.807, 2.05) is 66.1 Å². The van der Waals surface area contributed by atoms with Crippen molar-refractivity contribution in [3.05, 3.63) is 102 Å². The van der Waals surface area contributed by atoms with E-state index in [9.17, 15) is 9.18 Å². The predicted molar refractivity (Wildman–Crippen MR) is 116 cm³/mol. The lowest BCUT2D eigenvalue weighted by atomic mass is 9.94. The largest absolute Gasteiger partial charge is 0.329 e. The third kappa shape index (κ3) is 3.03. The third-order valence-electron chi connectivity index (χ3n) is 5.29. The number of aromatic nitrogens is 2. The van der Waals surface area contributed by atoms with Gasteiger partial charge in [-0.1, -0.05) is 42.5 Å². The minimum atomic E-state index is -0.446. The van der Waals surface area contributed by atoms with Crippen LogP contribution in [0.3, 0.4) is 0 Å². The van der Waals surface area contributed by atoms with E-state index in [0.29, 0.717) is 22.9 Å². The van der Waals surface area contributed by atoms with Crippen LogP contribution in [0.4, 0.5) is 16.0 Å². The highest BCUT2D eigenvalue weighted by Gasteiger charge is 2.34. The average Bonchev–Trinajstić information content (AvgIpc) is 3.12. The van der Waals surface area contributed by atoms with Crippen LogP contribution in [0, 0.1) is 5.82 Å². The molecule has 5 rings (SSSR count). The molecule has 0 fully saturated rings. The van der Waals surface area contributed by atoms with Crippen molar-refractivity contribution in [2.24, 2.45) is 0 Å². The molecule has 6 heteroatoms. The monoisotopic (exact) mass is 398 g/mol. The first-order valence-electron chi connectivity index (χ1n) is 9.68. The van der Waals surface area contributed by atoms with E-state index < -0.39 is 6.04 Å². The van der Waals surface area contributed by atoms with Gasteiger partial charge < -0.3 is 10.6 Å². The van der Waals surface area contributed by atoms with Gasteiger partial charge in [-0.2, -0.15) is 0 Å². The molecular weight excluding hydrogens is 379 g/mol. The second-order valence-electron chi connectivity index (χ2n) is 7.23. The number of rotatable bonds is 3. The molecule has 0 saturated carbocycles. The average molecular weight is 398 g/mol. The van der Waals surface area contributed by atoms with E-state index in [4.69, 9.17) is 0 Å². The summed E-state index contributed by atoms with van der Waals surface area (Å²) in [5.41, 5.74) is 4.50. The first-order chi connectivity index (χ1) is 14.6. The lowest BCUT2D eigenvalue weighted by Gasteiger charge is -2.30. The number of imidazole rings is 1. The van der Waals surface area contributed by atoms with Gasteiger partial charge in [-0.15, -0.1) is 0 Å². The summed E-state index contributed by atoms with van der Waals surface area (Å²) in [6.45, 7) is 1.86. The summed E-state index contributed by atoms with van der Waals surface area (Å²) in [5, 5.41) is 6.25. The van der Waals surface area contributed by atoms with Crippen molar-refractivity contribution in [1.29, 1.82) is 0 Å². The topological polar surface area (TPSA) is 59.0 Å². The molecule has 1 aliphatic heterocycles. The molecule has 4 aromatic rings. The van der Waals surface area contributed by atoms with Gasteiger partial charge in [0, 0.05) is 11.4 Å². The maximum absolute atomic E-state index is 13.6. The van der Waals surface area contributed by atoms with E-state index in [1.54, 1.807) is 12.1 Å². The Balaban J connectivity index is 1.68. The van der Waals surface area contributed by atoms with Gasteiger partial charge in [-0.25, -0.2) is 9.37 Å². The number of fused-ring (bicyclic) bond motifs is 3. The predicted octanol–water partition coefficient (Wildman–Crippen LogP) is 5.10. The molecule has 2 N–H and O–H groups in total. The van der Waals surface area contributed by atoms with Gasteiger partial charge >= 0.3 is 0 Å². The van der Waals surface area contributed by atoms with Crippen LogP contribution < -0.4 is 10.6 Å². The summed E-state index contributed by atoms with van der Waals surface area (Å²) < 4.78 is 15.6. The number of nitrogens with zero attached hydrogens (tertiary/aromatic N) is 2. The van der Waals surface area contributed by atoms with Gasteiger partial charge in [0.05, 0.1) is 22.6 Å². The number of anilines is 2. The van der Waals surface area contributed by atoms with Gasteiger partial charge in [0.2, 0.25) is 5.95 Å². The number of carbonyl (C=O) groups is 1. The molecule has 3 aromatic carbocycles. The Morgan fingerprint density at radius 2 is 1.70 bits per heavy atom. The van der Waals surface area contributed by atoms with Crippen molar-refractivity contribution < 1.29 is 9.18 Å². The van der Waals surface area contributed by atoms with Crippen LogP contribution in [0.25, 0.3) is 11.0 Å². The second-order valence-corrected chi connectivity index (χ2v) is 7.23. The number of carbonyl (C=O) groups excluding carboxylic acids is 1. The SMILES string of the molecule is CC1=C(C(=O)Nc2ccccc2)C(c2ccc(F)cc2)n2c(nc3ccccc32)N1. The molecule has 30 heavy (non-hydrogen) atoms. The number of nitrogens with one attached hydrogen (secondary N) is 2. The van der Waals surface area contributed by atoms with Crippen LogP contribution in [-0.4, -0.2) is 15.5 Å². The fourth-order valence-corrected chi connectivity index (χ4v) is 3.94. The highest BCUT2D eigenvalue weighted by atomic mass is 19.1. The molecule has 1 aromatic heterocycles. The molecule has 148 valence electrons. The Morgan fingerprint density at radius 1 is 1.00 bits per heavy atom. The number of allylic oxidation sites excluding steroid dienone is 1. The number of para-hydroxylation sites is 3. The van der Waals surface area contributed by atoms with Gasteiger partial charge in [0.25, 0.3) is 5.91 Å². The van der Waals surface area contributed by atoms with Crippen molar-refractivity contribution in [1.82, 2.24) is 9.55 Å². The first kappa shape index (κ1) is 18.1. The molecule has 1 aliphatic rings. The molecule has 5 nitrogen and oxygen atoms in total. The van der Waals surface area contributed by atoms with Gasteiger partial charge in [0.1, 0.15) is 5.82 Å². The summed E-state index contributed by atoms with van der Waals surface area (Å²) in [7, 11) is 0.